The van der Waals surface area contributed by atoms with Crippen molar-refractivity contribution in [1.82, 2.24) is 19.9 Å². The highest BCUT2D eigenvalue weighted by Gasteiger charge is 2.17. The Kier molecular flexibility index (Phi) is 5.98. The van der Waals surface area contributed by atoms with E-state index in [1.165, 1.54) is 0 Å². The standard InChI is InChI=1S/C37H32N7/c1-42-18-4-7-24(21-42)35-29-12-10-27(38-29)28-11-13-30(39-28)36(25-8-5-19-43(2)22-25)32-15-17-34(41-32)37(33-16-14-31(35)40-33)26-9-6-20-44(3)23-26/h4-23,38,40-41H,1-3H3/q+3. The Balaban J connectivity index is 1.57. The maximum absolute atomic E-state index is 5.17. The molecule has 0 saturated carbocycles. The first-order chi connectivity index (χ1) is 21.5. The van der Waals surface area contributed by atoms with Crippen LogP contribution in [0.15, 0.2) is 110 Å². The lowest BCUT2D eigenvalue weighted by Gasteiger charge is -2.03. The van der Waals surface area contributed by atoms with Crippen molar-refractivity contribution in [2.75, 3.05) is 0 Å². The second-order valence-electron chi connectivity index (χ2n) is 11.5. The summed E-state index contributed by atoms with van der Waals surface area (Å²) in [6.45, 7) is 0. The lowest BCUT2D eigenvalue weighted by molar-refractivity contribution is -0.671. The molecule has 1 aliphatic rings. The highest BCUT2D eigenvalue weighted by Crippen LogP contribution is 2.35. The molecule has 0 atom stereocenters. The van der Waals surface area contributed by atoms with Gasteiger partial charge in [0, 0.05) is 79.2 Å². The lowest BCUT2D eigenvalue weighted by Crippen LogP contribution is -2.26. The van der Waals surface area contributed by atoms with Gasteiger partial charge in [-0.05, 0) is 66.7 Å². The van der Waals surface area contributed by atoms with Gasteiger partial charge in [0.15, 0.2) is 37.2 Å². The number of hydrogen-bond donors (Lipinski definition) is 3. The molecule has 8 rings (SSSR count). The Morgan fingerprint density at radius 2 is 0.795 bits per heavy atom. The monoisotopic (exact) mass is 574 g/mol. The van der Waals surface area contributed by atoms with E-state index in [1.807, 2.05) is 13.2 Å². The maximum Gasteiger partial charge on any atom is 0.176 e. The van der Waals surface area contributed by atoms with E-state index in [9.17, 15) is 0 Å². The fourth-order valence-electron chi connectivity index (χ4n) is 6.28. The van der Waals surface area contributed by atoms with Crippen molar-refractivity contribution >= 4 is 45.3 Å². The molecule has 0 unspecified atom stereocenters. The summed E-state index contributed by atoms with van der Waals surface area (Å²) in [6, 6.07) is 25.7. The SMILES string of the molecule is C[n+]1cccc(-c2c3nc(c4ccc([nH]4)c(-c4ccc[n+](C)c4)c4ccc([nH]4)c(-c4ccc[n+](C)c4)c4ccc2[nH]4)C=C3)c1. The van der Waals surface area contributed by atoms with Crippen LogP contribution in [-0.4, -0.2) is 19.9 Å². The summed E-state index contributed by atoms with van der Waals surface area (Å²) in [5.41, 5.74) is 14.4. The number of nitrogens with zero attached hydrogens (tertiary/aromatic N) is 4. The topological polar surface area (TPSA) is 71.9 Å². The summed E-state index contributed by atoms with van der Waals surface area (Å²) < 4.78 is 6.25. The molecule has 212 valence electrons. The molecule has 0 aliphatic carbocycles. The normalized spacial score (nSPS) is 11.9. The van der Waals surface area contributed by atoms with Gasteiger partial charge in [-0.1, -0.05) is 0 Å². The molecule has 0 radical (unpaired) electrons. The van der Waals surface area contributed by atoms with E-state index in [2.05, 4.69) is 159 Å². The number of H-pyrrole nitrogens is 3. The predicted molar refractivity (Wildman–Crippen MR) is 175 cm³/mol. The van der Waals surface area contributed by atoms with Gasteiger partial charge in [0.2, 0.25) is 0 Å². The van der Waals surface area contributed by atoms with Crippen molar-refractivity contribution in [3.8, 4) is 33.4 Å². The van der Waals surface area contributed by atoms with Crippen LogP contribution in [0.3, 0.4) is 0 Å². The number of aryl methyl sites for hydroxylation is 3. The van der Waals surface area contributed by atoms with Crippen molar-refractivity contribution in [2.45, 2.75) is 0 Å². The molecule has 8 heterocycles. The van der Waals surface area contributed by atoms with Crippen molar-refractivity contribution in [3.63, 3.8) is 0 Å². The number of fused-ring (bicyclic) bond motifs is 9. The van der Waals surface area contributed by atoms with E-state index in [-0.39, 0.29) is 0 Å². The third kappa shape index (κ3) is 4.46. The molecule has 0 fully saturated rings. The summed E-state index contributed by atoms with van der Waals surface area (Å²) in [4.78, 5) is 16.5. The van der Waals surface area contributed by atoms with E-state index < -0.39 is 0 Å². The van der Waals surface area contributed by atoms with Crippen LogP contribution in [0.5, 0.6) is 0 Å². The Morgan fingerprint density at radius 3 is 1.25 bits per heavy atom. The third-order valence-electron chi connectivity index (χ3n) is 8.26. The second-order valence-corrected chi connectivity index (χ2v) is 11.5. The molecular weight excluding hydrogens is 542 g/mol. The molecule has 3 N–H and O–H groups in total. The van der Waals surface area contributed by atoms with Crippen molar-refractivity contribution < 1.29 is 13.7 Å². The summed E-state index contributed by atoms with van der Waals surface area (Å²) in [5, 5.41) is 0. The van der Waals surface area contributed by atoms with E-state index in [0.717, 1.165) is 77.9 Å². The molecule has 0 aromatic carbocycles. The molecule has 7 aromatic rings. The quantitative estimate of drug-likeness (QED) is 0.217. The third-order valence-corrected chi connectivity index (χ3v) is 8.26. The minimum atomic E-state index is 0.903. The van der Waals surface area contributed by atoms with Crippen LogP contribution in [0.4, 0.5) is 0 Å². The smallest absolute Gasteiger partial charge is 0.176 e. The van der Waals surface area contributed by atoms with Gasteiger partial charge in [-0.2, -0.15) is 0 Å². The number of nitrogens with one attached hydrogen (secondary N) is 3. The van der Waals surface area contributed by atoms with Gasteiger partial charge in [-0.15, -0.1) is 0 Å². The minimum absolute atomic E-state index is 0.903. The van der Waals surface area contributed by atoms with Crippen LogP contribution < -0.4 is 13.7 Å². The molecule has 0 amide bonds. The van der Waals surface area contributed by atoms with Crippen LogP contribution in [0.1, 0.15) is 11.4 Å². The zero-order valence-corrected chi connectivity index (χ0v) is 24.8. The largest absolute Gasteiger partial charge is 0.354 e. The zero-order valence-electron chi connectivity index (χ0n) is 24.8. The maximum atomic E-state index is 5.17. The number of pyridine rings is 3. The summed E-state index contributed by atoms with van der Waals surface area (Å²) in [5.74, 6) is 0. The zero-order chi connectivity index (χ0) is 29.8. The van der Waals surface area contributed by atoms with Gasteiger partial charge in [-0.25, -0.2) is 18.7 Å². The van der Waals surface area contributed by atoms with E-state index in [1.54, 1.807) is 0 Å². The summed E-state index contributed by atoms with van der Waals surface area (Å²) in [7, 11) is 6.16. The molecule has 7 aromatic heterocycles. The number of aromatic amines is 3. The van der Waals surface area contributed by atoms with Gasteiger partial charge >= 0.3 is 0 Å². The number of aromatic nitrogens is 7. The van der Waals surface area contributed by atoms with E-state index in [0.29, 0.717) is 0 Å². The minimum Gasteiger partial charge on any atom is -0.354 e. The van der Waals surface area contributed by atoms with Crippen LogP contribution in [-0.2, 0) is 21.1 Å². The molecule has 7 heteroatoms. The molecule has 1 aliphatic heterocycles. The Bertz CT molecular complexity index is 2390. The van der Waals surface area contributed by atoms with Gasteiger partial charge in [0.1, 0.15) is 21.1 Å². The molecule has 0 saturated heterocycles. The van der Waals surface area contributed by atoms with Crippen LogP contribution >= 0.6 is 0 Å². The van der Waals surface area contributed by atoms with Crippen molar-refractivity contribution in [1.29, 1.82) is 0 Å². The molecular formula is C37H32N7+3. The fourth-order valence-corrected chi connectivity index (χ4v) is 6.28. The Morgan fingerprint density at radius 1 is 0.432 bits per heavy atom. The van der Waals surface area contributed by atoms with E-state index >= 15 is 0 Å². The first kappa shape index (κ1) is 25.9. The van der Waals surface area contributed by atoms with Crippen LogP contribution in [0, 0.1) is 0 Å². The summed E-state index contributed by atoms with van der Waals surface area (Å²) >= 11 is 0. The van der Waals surface area contributed by atoms with Gasteiger partial charge in [0.05, 0.1) is 16.9 Å². The van der Waals surface area contributed by atoms with Gasteiger partial charge < -0.3 is 15.0 Å². The molecule has 0 spiro atoms. The van der Waals surface area contributed by atoms with Crippen LogP contribution in [0.25, 0.3) is 78.6 Å². The number of hydrogen-bond acceptors (Lipinski definition) is 1. The Labute approximate surface area is 254 Å². The molecule has 44 heavy (non-hydrogen) atoms. The van der Waals surface area contributed by atoms with Gasteiger partial charge in [-0.3, -0.25) is 0 Å². The highest BCUT2D eigenvalue weighted by atomic mass is 14.9. The fraction of sp³-hybridized carbons (Fsp3) is 0.0811. The predicted octanol–water partition coefficient (Wildman–Crippen LogP) is 6.17. The summed E-state index contributed by atoms with van der Waals surface area (Å²) in [6.07, 6.45) is 16.8. The first-order valence-electron chi connectivity index (χ1n) is 14.7. The molecule has 7 nitrogen and oxygen atoms in total. The molecule has 8 bridgehead atoms. The average molecular weight is 575 g/mol. The lowest BCUT2D eigenvalue weighted by atomic mass is 10.1. The second kappa shape index (κ2) is 10.2. The average Bonchev–Trinajstić information content (AvgIpc) is 3.83. The van der Waals surface area contributed by atoms with E-state index in [4.69, 9.17) is 4.98 Å². The van der Waals surface area contributed by atoms with Crippen molar-refractivity contribution in [3.05, 3.63) is 121 Å². The highest BCUT2D eigenvalue weighted by molar-refractivity contribution is 6.00. The van der Waals surface area contributed by atoms with Crippen LogP contribution in [0.2, 0.25) is 0 Å². The number of rotatable bonds is 3. The Hall–Kier alpha value is -5.82. The first-order valence-corrected chi connectivity index (χ1v) is 14.7. The van der Waals surface area contributed by atoms with Gasteiger partial charge in [0.25, 0.3) is 0 Å². The van der Waals surface area contributed by atoms with Crippen molar-refractivity contribution in [2.24, 2.45) is 21.1 Å².